The van der Waals surface area contributed by atoms with E-state index in [2.05, 4.69) is 9.97 Å². The van der Waals surface area contributed by atoms with E-state index in [-0.39, 0.29) is 29.7 Å². The summed E-state index contributed by atoms with van der Waals surface area (Å²) in [5.74, 6) is -0.803. The van der Waals surface area contributed by atoms with Crippen LogP contribution in [0.25, 0.3) is 0 Å². The second-order valence-corrected chi connectivity index (χ2v) is 10.4. The smallest absolute Gasteiger partial charge is 0.410 e. The molecule has 1 aliphatic rings. The Morgan fingerprint density at radius 2 is 1.84 bits per heavy atom. The maximum Gasteiger partial charge on any atom is 0.410 e. The first-order chi connectivity index (χ1) is 14.8. The molecule has 2 heterocycles. The van der Waals surface area contributed by atoms with Crippen LogP contribution in [0.2, 0.25) is 0 Å². The zero-order valence-corrected chi connectivity index (χ0v) is 20.0. The third-order valence-electron chi connectivity index (χ3n) is 4.78. The van der Waals surface area contributed by atoms with Crippen molar-refractivity contribution in [1.82, 2.24) is 14.9 Å². The zero-order chi connectivity index (χ0) is 24.3. The van der Waals surface area contributed by atoms with Gasteiger partial charge in [-0.05, 0) is 40.5 Å². The molecule has 2 rings (SSSR count). The Kier molecular flexibility index (Phi) is 7.66. The molecule has 0 atom stereocenters. The minimum absolute atomic E-state index is 0.00569. The zero-order valence-electron chi connectivity index (χ0n) is 19.2. The van der Waals surface area contributed by atoms with Crippen LogP contribution >= 0.6 is 0 Å². The van der Waals surface area contributed by atoms with Crippen molar-refractivity contribution in [2.24, 2.45) is 0 Å². The Labute approximate surface area is 188 Å². The lowest BCUT2D eigenvalue weighted by molar-refractivity contribution is 0.0205. The van der Waals surface area contributed by atoms with Gasteiger partial charge in [0.15, 0.2) is 5.69 Å². The normalized spacial score (nSPS) is 15.1. The molecule has 1 aromatic heterocycles. The monoisotopic (exact) mass is 467 g/mol. The molecular weight excluding hydrogens is 438 g/mol. The number of anilines is 1. The van der Waals surface area contributed by atoms with Crippen molar-refractivity contribution in [3.63, 3.8) is 0 Å². The highest BCUT2D eigenvalue weighted by Gasteiger charge is 2.33. The number of carbonyl (C=O) groups is 2. The topological polar surface area (TPSA) is 143 Å². The number of hydrogen-bond acceptors (Lipinski definition) is 10. The van der Waals surface area contributed by atoms with Crippen LogP contribution in [-0.2, 0) is 19.3 Å². The fraction of sp³-hybridized carbons (Fsp3) is 0.650. The highest BCUT2D eigenvalue weighted by atomic mass is 32.2. The number of carbonyl (C=O) groups excluding carboxylic acids is 2. The Morgan fingerprint density at radius 1 is 1.25 bits per heavy atom. The lowest BCUT2D eigenvalue weighted by Crippen LogP contribution is -2.47. The SMILES string of the molecule is CCOC(=O)c1c(C#N)nc(S(C)(=O)=O)nc1N(C)C1CCN(C(=O)OC(C)(C)C)CC1. The minimum atomic E-state index is -3.84. The van der Waals surface area contributed by atoms with Crippen LogP contribution < -0.4 is 4.90 Å². The molecule has 12 heteroatoms. The molecule has 0 spiro atoms. The number of sulfone groups is 1. The van der Waals surface area contributed by atoms with Crippen molar-refractivity contribution >= 4 is 27.7 Å². The second kappa shape index (κ2) is 9.68. The molecule has 0 aromatic carbocycles. The fourth-order valence-electron chi connectivity index (χ4n) is 3.26. The number of likely N-dealkylation sites (tertiary alicyclic amines) is 1. The average Bonchev–Trinajstić information content (AvgIpc) is 2.70. The molecule has 1 fully saturated rings. The van der Waals surface area contributed by atoms with Gasteiger partial charge in [0.1, 0.15) is 23.1 Å². The predicted molar refractivity (Wildman–Crippen MR) is 115 cm³/mol. The van der Waals surface area contributed by atoms with Crippen molar-refractivity contribution in [2.45, 2.75) is 57.3 Å². The molecule has 0 radical (unpaired) electrons. The first-order valence-corrected chi connectivity index (χ1v) is 12.1. The number of aromatic nitrogens is 2. The van der Waals surface area contributed by atoms with Crippen molar-refractivity contribution in [2.75, 3.05) is 37.9 Å². The number of rotatable bonds is 5. The summed E-state index contributed by atoms with van der Waals surface area (Å²) in [7, 11) is -2.18. The van der Waals surface area contributed by atoms with E-state index in [0.29, 0.717) is 25.9 Å². The number of piperidine rings is 1. The maximum absolute atomic E-state index is 12.6. The molecular formula is C20H29N5O6S. The van der Waals surface area contributed by atoms with E-state index in [9.17, 15) is 23.3 Å². The second-order valence-electron chi connectivity index (χ2n) is 8.47. The fourth-order valence-corrected chi connectivity index (χ4v) is 3.77. The molecule has 1 aliphatic heterocycles. The summed E-state index contributed by atoms with van der Waals surface area (Å²) in [5, 5.41) is 8.97. The van der Waals surface area contributed by atoms with E-state index >= 15 is 0 Å². The minimum Gasteiger partial charge on any atom is -0.462 e. The molecule has 1 amide bonds. The van der Waals surface area contributed by atoms with Crippen molar-refractivity contribution < 1.29 is 27.5 Å². The number of amides is 1. The Morgan fingerprint density at radius 3 is 2.31 bits per heavy atom. The van der Waals surface area contributed by atoms with Gasteiger partial charge < -0.3 is 19.3 Å². The third kappa shape index (κ3) is 6.06. The highest BCUT2D eigenvalue weighted by Crippen LogP contribution is 2.28. The largest absolute Gasteiger partial charge is 0.462 e. The van der Waals surface area contributed by atoms with Gasteiger partial charge in [-0.3, -0.25) is 0 Å². The van der Waals surface area contributed by atoms with E-state index < -0.39 is 32.7 Å². The van der Waals surface area contributed by atoms with Crippen molar-refractivity contribution in [3.8, 4) is 6.07 Å². The quantitative estimate of drug-likeness (QED) is 0.464. The van der Waals surface area contributed by atoms with Gasteiger partial charge >= 0.3 is 12.1 Å². The van der Waals surface area contributed by atoms with Crippen LogP contribution in [0.1, 0.15) is 56.6 Å². The van der Waals surface area contributed by atoms with E-state index in [1.165, 1.54) is 0 Å². The van der Waals surface area contributed by atoms with Crippen molar-refractivity contribution in [3.05, 3.63) is 11.3 Å². The van der Waals surface area contributed by atoms with E-state index in [0.717, 1.165) is 6.26 Å². The molecule has 32 heavy (non-hydrogen) atoms. The van der Waals surface area contributed by atoms with Gasteiger partial charge in [-0.15, -0.1) is 0 Å². The number of esters is 1. The molecule has 176 valence electrons. The Hall–Kier alpha value is -2.94. The number of nitriles is 1. The van der Waals surface area contributed by atoms with Gasteiger partial charge in [-0.1, -0.05) is 0 Å². The number of ether oxygens (including phenoxy) is 2. The summed E-state index contributed by atoms with van der Waals surface area (Å²) in [5.41, 5.74) is -1.15. The molecule has 11 nitrogen and oxygen atoms in total. The molecule has 0 N–H and O–H groups in total. The molecule has 0 unspecified atom stereocenters. The van der Waals surface area contributed by atoms with Crippen LogP contribution in [0.15, 0.2) is 5.16 Å². The first kappa shape index (κ1) is 25.3. The van der Waals surface area contributed by atoms with Gasteiger partial charge in [-0.25, -0.2) is 23.0 Å². The van der Waals surface area contributed by atoms with Crippen molar-refractivity contribution in [1.29, 1.82) is 5.26 Å². The third-order valence-corrected chi connectivity index (χ3v) is 5.63. The van der Waals surface area contributed by atoms with Crippen LogP contribution in [0, 0.1) is 11.3 Å². The standard InChI is InChI=1S/C20H29N5O6S/c1-7-30-17(26)15-14(12-21)22-18(32(6,28)29)23-16(15)24(5)13-8-10-25(11-9-13)19(27)31-20(2,3)4/h13H,7-11H2,1-6H3. The molecule has 1 saturated heterocycles. The summed E-state index contributed by atoms with van der Waals surface area (Å²) < 4.78 is 34.6. The lowest BCUT2D eigenvalue weighted by atomic mass is 10.0. The van der Waals surface area contributed by atoms with E-state index in [4.69, 9.17) is 9.47 Å². The van der Waals surface area contributed by atoms with Gasteiger partial charge in [0.05, 0.1) is 6.61 Å². The molecule has 1 aromatic rings. The van der Waals surface area contributed by atoms with Crippen LogP contribution in [0.5, 0.6) is 0 Å². The maximum atomic E-state index is 12.6. The molecule has 0 saturated carbocycles. The lowest BCUT2D eigenvalue weighted by Gasteiger charge is -2.38. The predicted octanol–water partition coefficient (Wildman–Crippen LogP) is 1.76. The Balaban J connectivity index is 2.36. The van der Waals surface area contributed by atoms with Crippen LogP contribution in [-0.4, -0.2) is 80.0 Å². The van der Waals surface area contributed by atoms with Gasteiger partial charge in [0, 0.05) is 32.4 Å². The molecule has 0 aliphatic carbocycles. The summed E-state index contributed by atoms with van der Waals surface area (Å²) >= 11 is 0. The summed E-state index contributed by atoms with van der Waals surface area (Å²) in [6.45, 7) is 7.89. The highest BCUT2D eigenvalue weighted by molar-refractivity contribution is 7.90. The van der Waals surface area contributed by atoms with E-state index in [1.807, 2.05) is 0 Å². The van der Waals surface area contributed by atoms with Crippen LogP contribution in [0.4, 0.5) is 10.6 Å². The van der Waals surface area contributed by atoms with Crippen LogP contribution in [0.3, 0.4) is 0 Å². The van der Waals surface area contributed by atoms with Gasteiger partial charge in [-0.2, -0.15) is 10.2 Å². The number of hydrogen-bond donors (Lipinski definition) is 0. The number of nitrogens with zero attached hydrogens (tertiary/aromatic N) is 5. The Bertz CT molecular complexity index is 1020. The summed E-state index contributed by atoms with van der Waals surface area (Å²) in [6.07, 6.45) is 1.58. The summed E-state index contributed by atoms with van der Waals surface area (Å²) in [6, 6.07) is 1.61. The molecule has 0 bridgehead atoms. The van der Waals surface area contributed by atoms with E-state index in [1.54, 1.807) is 50.6 Å². The summed E-state index contributed by atoms with van der Waals surface area (Å²) in [4.78, 5) is 36.0. The van der Waals surface area contributed by atoms with Gasteiger partial charge in [0.2, 0.25) is 15.0 Å². The first-order valence-electron chi connectivity index (χ1n) is 10.2. The average molecular weight is 468 g/mol. The van der Waals surface area contributed by atoms with Gasteiger partial charge in [0.25, 0.3) is 0 Å².